The van der Waals surface area contributed by atoms with Crippen LogP contribution >= 0.6 is 23.2 Å². The molecular formula is C27H28Cl2FN5O2. The third-order valence-electron chi connectivity index (χ3n) is 7.82. The van der Waals surface area contributed by atoms with Crippen LogP contribution in [0.2, 0.25) is 10.2 Å². The van der Waals surface area contributed by atoms with Crippen molar-refractivity contribution in [2.45, 2.75) is 25.4 Å². The average molecular weight is 544 g/mol. The molecule has 0 radical (unpaired) electrons. The van der Waals surface area contributed by atoms with E-state index in [0.717, 1.165) is 5.56 Å². The van der Waals surface area contributed by atoms with E-state index in [1.807, 2.05) is 35.8 Å². The number of halogens is 3. The van der Waals surface area contributed by atoms with Gasteiger partial charge in [-0.05, 0) is 42.0 Å². The van der Waals surface area contributed by atoms with Crippen molar-refractivity contribution in [3.05, 3.63) is 82.0 Å². The van der Waals surface area contributed by atoms with E-state index in [1.165, 1.54) is 12.3 Å². The molecule has 10 heteroatoms. The van der Waals surface area contributed by atoms with Crippen molar-refractivity contribution in [3.8, 4) is 0 Å². The Morgan fingerprint density at radius 2 is 1.68 bits per heavy atom. The molecule has 4 heterocycles. The number of likely N-dealkylation sites (tertiary alicyclic amines) is 1. The third kappa shape index (κ3) is 4.90. The van der Waals surface area contributed by atoms with Gasteiger partial charge in [-0.25, -0.2) is 4.39 Å². The number of piperidine rings is 1. The number of aromatic nitrogens is 3. The molecule has 5 atom stereocenters. The van der Waals surface area contributed by atoms with Crippen molar-refractivity contribution in [3.63, 3.8) is 0 Å². The van der Waals surface area contributed by atoms with Gasteiger partial charge in [-0.1, -0.05) is 49.2 Å². The van der Waals surface area contributed by atoms with Gasteiger partial charge in [0.15, 0.2) is 11.0 Å². The molecule has 1 N–H and O–H groups in total. The average Bonchev–Trinajstić information content (AvgIpc) is 3.33. The molecule has 1 amide bonds. The van der Waals surface area contributed by atoms with Gasteiger partial charge in [0, 0.05) is 54.6 Å². The topological polar surface area (TPSA) is 82.5 Å². The summed E-state index contributed by atoms with van der Waals surface area (Å²) in [6, 6.07) is 13.7. The van der Waals surface area contributed by atoms with Crippen LogP contribution in [-0.4, -0.2) is 57.3 Å². The molecule has 2 aromatic heterocycles. The third-order valence-corrected chi connectivity index (χ3v) is 8.27. The molecule has 1 unspecified atom stereocenters. The van der Waals surface area contributed by atoms with E-state index in [1.54, 1.807) is 30.3 Å². The smallest absolute Gasteiger partial charge is 0.228 e. The first-order valence-electron chi connectivity index (χ1n) is 12.3. The Labute approximate surface area is 225 Å². The van der Waals surface area contributed by atoms with Crippen LogP contribution in [0.15, 0.2) is 54.7 Å². The minimum absolute atomic E-state index is 0.0163. The molecule has 0 aliphatic carbocycles. The van der Waals surface area contributed by atoms with E-state index < -0.39 is 17.3 Å². The number of pyridine rings is 1. The predicted molar refractivity (Wildman–Crippen MR) is 140 cm³/mol. The summed E-state index contributed by atoms with van der Waals surface area (Å²) in [5.41, 5.74) is 0.366. The first-order chi connectivity index (χ1) is 17.7. The Hall–Kier alpha value is -2.81. The monoisotopic (exact) mass is 543 g/mol. The van der Waals surface area contributed by atoms with E-state index in [2.05, 4.69) is 15.2 Å². The summed E-state index contributed by atoms with van der Waals surface area (Å²) in [6.45, 7) is 5.65. The van der Waals surface area contributed by atoms with Gasteiger partial charge in [-0.15, -0.1) is 10.2 Å². The van der Waals surface area contributed by atoms with Crippen LogP contribution in [0.4, 0.5) is 10.2 Å². The van der Waals surface area contributed by atoms with Crippen LogP contribution in [0.5, 0.6) is 0 Å². The van der Waals surface area contributed by atoms with Crippen LogP contribution in [0.3, 0.4) is 0 Å². The van der Waals surface area contributed by atoms with Gasteiger partial charge in [0.1, 0.15) is 5.82 Å². The van der Waals surface area contributed by atoms with Gasteiger partial charge in [-0.2, -0.15) is 0 Å². The fourth-order valence-electron chi connectivity index (χ4n) is 5.83. The molecule has 0 bridgehead atoms. The highest BCUT2D eigenvalue weighted by atomic mass is 35.5. The molecule has 2 fully saturated rings. The van der Waals surface area contributed by atoms with Gasteiger partial charge >= 0.3 is 0 Å². The molecule has 3 aromatic rings. The fourth-order valence-corrected chi connectivity index (χ4v) is 6.05. The summed E-state index contributed by atoms with van der Waals surface area (Å²) in [4.78, 5) is 22.1. The standard InChI is InChI=1S/C27H28Cl2FN5O2/c1-16-12-35(13-17(2)27(16,37)18-3-5-19(28)6-4-18)26(36)22-15-34(25-10-9-24(29)32-33-25)14-21(22)23-8-7-20(30)11-31-23/h3-11,16-17,21-22,37H,12-15H2,1-2H3/t16-,17+,21-,22-,27?/m1/s1. The highest BCUT2D eigenvalue weighted by molar-refractivity contribution is 6.30. The molecule has 1 aromatic carbocycles. The first-order valence-corrected chi connectivity index (χ1v) is 13.0. The second-order valence-corrected chi connectivity index (χ2v) is 10.9. The Balaban J connectivity index is 1.40. The fraction of sp³-hybridized carbons (Fsp3) is 0.407. The minimum atomic E-state index is -1.08. The van der Waals surface area contributed by atoms with Crippen LogP contribution < -0.4 is 4.90 Å². The Bertz CT molecular complexity index is 1250. The van der Waals surface area contributed by atoms with Crippen LogP contribution in [0.1, 0.15) is 31.0 Å². The molecule has 2 saturated heterocycles. The maximum absolute atomic E-state index is 14.0. The van der Waals surface area contributed by atoms with Gasteiger partial charge in [0.25, 0.3) is 0 Å². The number of amides is 1. The van der Waals surface area contributed by atoms with Crippen LogP contribution in [-0.2, 0) is 10.4 Å². The molecule has 0 spiro atoms. The number of anilines is 1. The zero-order chi connectivity index (χ0) is 26.3. The maximum atomic E-state index is 14.0. The number of aliphatic hydroxyl groups is 1. The van der Waals surface area contributed by atoms with Gasteiger partial charge in [0.2, 0.25) is 5.91 Å². The summed E-state index contributed by atoms with van der Waals surface area (Å²) < 4.78 is 13.6. The Morgan fingerprint density at radius 1 is 0.973 bits per heavy atom. The van der Waals surface area contributed by atoms with E-state index in [0.29, 0.717) is 42.7 Å². The zero-order valence-corrected chi connectivity index (χ0v) is 22.1. The van der Waals surface area contributed by atoms with Gasteiger partial charge < -0.3 is 14.9 Å². The van der Waals surface area contributed by atoms with Gasteiger partial charge in [0.05, 0.1) is 17.7 Å². The summed E-state index contributed by atoms with van der Waals surface area (Å²) in [7, 11) is 0. The SMILES string of the molecule is C[C@@H]1CN(C(=O)[C@@H]2CN(c3ccc(Cl)nn3)C[C@H]2c2ccc(F)cn2)C[C@H](C)C1(O)c1ccc(Cl)cc1. The predicted octanol–water partition coefficient (Wildman–Crippen LogP) is 4.54. The van der Waals surface area contributed by atoms with E-state index in [-0.39, 0.29) is 28.8 Å². The maximum Gasteiger partial charge on any atom is 0.228 e. The lowest BCUT2D eigenvalue weighted by molar-refractivity contribution is -0.152. The second kappa shape index (κ2) is 10.2. The number of carbonyl (C=O) groups is 1. The largest absolute Gasteiger partial charge is 0.384 e. The molecule has 2 aliphatic rings. The molecule has 2 aliphatic heterocycles. The number of rotatable bonds is 4. The van der Waals surface area contributed by atoms with Crippen molar-refractivity contribution in [2.75, 3.05) is 31.1 Å². The quantitative estimate of drug-likeness (QED) is 0.520. The Morgan fingerprint density at radius 3 is 2.27 bits per heavy atom. The summed E-state index contributed by atoms with van der Waals surface area (Å²) in [6.07, 6.45) is 1.18. The highest BCUT2D eigenvalue weighted by Gasteiger charge is 2.49. The van der Waals surface area contributed by atoms with Crippen molar-refractivity contribution < 1.29 is 14.3 Å². The molecule has 194 valence electrons. The van der Waals surface area contributed by atoms with Crippen molar-refractivity contribution in [1.82, 2.24) is 20.1 Å². The van der Waals surface area contributed by atoms with Gasteiger partial charge in [-0.3, -0.25) is 9.78 Å². The normalized spacial score (nSPS) is 27.9. The summed E-state index contributed by atoms with van der Waals surface area (Å²) >= 11 is 12.0. The lowest BCUT2D eigenvalue weighted by Crippen LogP contribution is -2.57. The molecular weight excluding hydrogens is 516 g/mol. The van der Waals surface area contributed by atoms with E-state index in [4.69, 9.17) is 23.2 Å². The number of nitrogens with zero attached hydrogens (tertiary/aromatic N) is 5. The second-order valence-electron chi connectivity index (χ2n) is 10.1. The van der Waals surface area contributed by atoms with Crippen molar-refractivity contribution in [2.24, 2.45) is 17.8 Å². The molecule has 0 saturated carbocycles. The first kappa shape index (κ1) is 25.8. The zero-order valence-electron chi connectivity index (χ0n) is 20.6. The lowest BCUT2D eigenvalue weighted by atomic mass is 9.70. The number of hydrogen-bond donors (Lipinski definition) is 1. The van der Waals surface area contributed by atoms with Crippen LogP contribution in [0.25, 0.3) is 0 Å². The summed E-state index contributed by atoms with van der Waals surface area (Å²) in [5.74, 6) is -0.913. The molecule has 5 rings (SSSR count). The van der Waals surface area contributed by atoms with Crippen molar-refractivity contribution in [1.29, 1.82) is 0 Å². The molecule has 37 heavy (non-hydrogen) atoms. The summed E-state index contributed by atoms with van der Waals surface area (Å²) in [5, 5.41) is 20.8. The van der Waals surface area contributed by atoms with E-state index >= 15 is 0 Å². The number of carbonyl (C=O) groups excluding carboxylic acids is 1. The van der Waals surface area contributed by atoms with Crippen molar-refractivity contribution >= 4 is 34.9 Å². The van der Waals surface area contributed by atoms with Crippen LogP contribution in [0, 0.1) is 23.6 Å². The number of benzene rings is 1. The van der Waals surface area contributed by atoms with E-state index in [9.17, 15) is 14.3 Å². The highest BCUT2D eigenvalue weighted by Crippen LogP contribution is 2.43. The number of hydrogen-bond acceptors (Lipinski definition) is 6. The lowest BCUT2D eigenvalue weighted by Gasteiger charge is -2.48. The molecule has 7 nitrogen and oxygen atoms in total. The minimum Gasteiger partial charge on any atom is -0.384 e. The Kier molecular flexibility index (Phi) is 7.09.